The van der Waals surface area contributed by atoms with Crippen LogP contribution in [0.4, 0.5) is 15.8 Å². The average Bonchev–Trinajstić information content (AvgIpc) is 3.32. The molecular weight excluding hydrogens is 483 g/mol. The number of carboxylic acid groups (broad SMARTS) is 1. The van der Waals surface area contributed by atoms with Crippen molar-refractivity contribution in [2.24, 2.45) is 0 Å². The molecule has 1 aliphatic rings. The van der Waals surface area contributed by atoms with Crippen molar-refractivity contribution in [2.75, 3.05) is 49.2 Å². The number of piperazine rings is 1. The monoisotopic (exact) mass is 506 g/mol. The zero-order valence-corrected chi connectivity index (χ0v) is 20.5. The van der Waals surface area contributed by atoms with E-state index in [1.54, 1.807) is 11.9 Å². The molecule has 4 rings (SSSR count). The molecule has 1 aromatic heterocycles. The van der Waals surface area contributed by atoms with Gasteiger partial charge in [-0.1, -0.05) is 11.9 Å². The van der Waals surface area contributed by atoms with E-state index in [9.17, 15) is 9.18 Å². The van der Waals surface area contributed by atoms with Crippen molar-refractivity contribution in [2.45, 2.75) is 5.03 Å². The highest BCUT2D eigenvalue weighted by atomic mass is 32.2. The van der Waals surface area contributed by atoms with Crippen molar-refractivity contribution in [1.82, 2.24) is 9.29 Å². The summed E-state index contributed by atoms with van der Waals surface area (Å²) in [6.45, 7) is 4.14. The van der Waals surface area contributed by atoms with E-state index in [2.05, 4.69) is 49.4 Å². The van der Waals surface area contributed by atoms with Crippen LogP contribution in [0.25, 0.3) is 10.6 Å². The Bertz CT molecular complexity index is 1120. The molecule has 1 fully saturated rings. The third kappa shape index (κ3) is 5.55. The predicted molar refractivity (Wildman–Crippen MR) is 134 cm³/mol. The Hall–Kier alpha value is -2.47. The van der Waals surface area contributed by atoms with Crippen LogP contribution in [0.5, 0.6) is 5.75 Å². The van der Waals surface area contributed by atoms with Gasteiger partial charge in [0.1, 0.15) is 21.6 Å². The quantitative estimate of drug-likeness (QED) is 0.402. The summed E-state index contributed by atoms with van der Waals surface area (Å²) in [6.07, 6.45) is 2.12. The van der Waals surface area contributed by atoms with Crippen LogP contribution >= 0.6 is 35.2 Å². The topological polar surface area (TPSA) is 77.9 Å². The van der Waals surface area contributed by atoms with Crippen LogP contribution < -0.4 is 14.4 Å². The first-order valence-corrected chi connectivity index (χ1v) is 13.0. The standard InChI is InChI=1S/C22H23FN4O3S3/c1-30-19-11-16(22(28)29)17(23)12-18(19)25-33-20-13-32-21(24-20)14-3-5-15(6-4-14)26-7-9-27(31-2)10-8-26/h3-6,11-13,25H,7-10H2,1-2H3,(H,28,29). The Kier molecular flexibility index (Phi) is 7.63. The van der Waals surface area contributed by atoms with E-state index < -0.39 is 17.3 Å². The maximum Gasteiger partial charge on any atom is 0.338 e. The van der Waals surface area contributed by atoms with E-state index >= 15 is 0 Å². The van der Waals surface area contributed by atoms with Crippen LogP contribution in [-0.4, -0.2) is 59.9 Å². The van der Waals surface area contributed by atoms with E-state index in [1.165, 1.54) is 36.1 Å². The molecule has 33 heavy (non-hydrogen) atoms. The smallest absolute Gasteiger partial charge is 0.338 e. The maximum absolute atomic E-state index is 14.1. The molecule has 0 bridgehead atoms. The van der Waals surface area contributed by atoms with E-state index in [4.69, 9.17) is 9.84 Å². The van der Waals surface area contributed by atoms with Crippen LogP contribution in [0.1, 0.15) is 10.4 Å². The largest absolute Gasteiger partial charge is 0.495 e. The molecule has 0 unspecified atom stereocenters. The van der Waals surface area contributed by atoms with Crippen molar-refractivity contribution in [1.29, 1.82) is 0 Å². The summed E-state index contributed by atoms with van der Waals surface area (Å²) in [4.78, 5) is 18.2. The lowest BCUT2D eigenvalue weighted by Crippen LogP contribution is -2.43. The summed E-state index contributed by atoms with van der Waals surface area (Å²) in [7, 11) is 1.40. The first-order chi connectivity index (χ1) is 16.0. The second-order valence-corrected chi connectivity index (χ2v) is 9.74. The number of anilines is 2. The summed E-state index contributed by atoms with van der Waals surface area (Å²) >= 11 is 4.53. The number of thiazole rings is 1. The van der Waals surface area contributed by atoms with Gasteiger partial charge >= 0.3 is 5.97 Å². The lowest BCUT2D eigenvalue weighted by Gasteiger charge is -2.34. The molecule has 0 amide bonds. The number of benzene rings is 2. The Morgan fingerprint density at radius 1 is 1.21 bits per heavy atom. The van der Waals surface area contributed by atoms with Gasteiger partial charge in [0, 0.05) is 60.8 Å². The molecular formula is C22H23FN4O3S3. The number of nitrogens with one attached hydrogen (secondary N) is 1. The summed E-state index contributed by atoms with van der Waals surface area (Å²) in [5, 5.41) is 12.6. The van der Waals surface area contributed by atoms with Gasteiger partial charge in [0.2, 0.25) is 0 Å². The van der Waals surface area contributed by atoms with Gasteiger partial charge in [0.25, 0.3) is 0 Å². The lowest BCUT2D eigenvalue weighted by atomic mass is 10.2. The highest BCUT2D eigenvalue weighted by Gasteiger charge is 2.18. The molecule has 2 heterocycles. The minimum absolute atomic E-state index is 0.241. The highest BCUT2D eigenvalue weighted by Crippen LogP contribution is 2.34. The number of hydrogen-bond acceptors (Lipinski definition) is 9. The number of nitrogens with zero attached hydrogens (tertiary/aromatic N) is 3. The van der Waals surface area contributed by atoms with Crippen molar-refractivity contribution in [3.8, 4) is 16.3 Å². The molecule has 0 atom stereocenters. The minimum Gasteiger partial charge on any atom is -0.495 e. The van der Waals surface area contributed by atoms with Gasteiger partial charge in [-0.05, 0) is 36.6 Å². The van der Waals surface area contributed by atoms with Crippen molar-refractivity contribution >= 4 is 52.6 Å². The molecule has 174 valence electrons. The van der Waals surface area contributed by atoms with Crippen molar-refractivity contribution in [3.05, 3.63) is 53.2 Å². The summed E-state index contributed by atoms with van der Waals surface area (Å²) in [5.74, 6) is -1.94. The second kappa shape index (κ2) is 10.6. The number of ether oxygens (including phenoxy) is 1. The Morgan fingerprint density at radius 3 is 2.58 bits per heavy atom. The molecule has 1 aliphatic heterocycles. The number of carbonyl (C=O) groups is 1. The molecule has 7 nitrogen and oxygen atoms in total. The van der Waals surface area contributed by atoms with Gasteiger partial charge in [0.15, 0.2) is 0 Å². The summed E-state index contributed by atoms with van der Waals surface area (Å²) in [6, 6.07) is 10.7. The van der Waals surface area contributed by atoms with Crippen LogP contribution in [-0.2, 0) is 0 Å². The minimum atomic E-state index is -1.35. The molecule has 2 N–H and O–H groups in total. The maximum atomic E-state index is 14.1. The van der Waals surface area contributed by atoms with Crippen molar-refractivity contribution < 1.29 is 19.0 Å². The number of hydrogen-bond donors (Lipinski definition) is 2. The van der Waals surface area contributed by atoms with Crippen LogP contribution in [0.3, 0.4) is 0 Å². The van der Waals surface area contributed by atoms with Crippen LogP contribution in [0.15, 0.2) is 46.8 Å². The zero-order chi connectivity index (χ0) is 23.4. The summed E-state index contributed by atoms with van der Waals surface area (Å²) < 4.78 is 24.6. The molecule has 0 aliphatic carbocycles. The Morgan fingerprint density at radius 2 is 1.94 bits per heavy atom. The Labute approximate surface area is 204 Å². The van der Waals surface area contributed by atoms with Gasteiger partial charge in [-0.3, -0.25) is 0 Å². The average molecular weight is 507 g/mol. The van der Waals surface area contributed by atoms with Gasteiger partial charge in [-0.25, -0.2) is 18.5 Å². The number of aromatic nitrogens is 1. The first-order valence-electron chi connectivity index (χ1n) is 10.1. The fourth-order valence-electron chi connectivity index (χ4n) is 3.46. The fourth-order valence-corrected chi connectivity index (χ4v) is 5.58. The molecule has 0 spiro atoms. The normalized spacial score (nSPS) is 14.3. The molecule has 11 heteroatoms. The van der Waals surface area contributed by atoms with Gasteiger partial charge in [-0.15, -0.1) is 11.3 Å². The molecule has 0 radical (unpaired) electrons. The van der Waals surface area contributed by atoms with E-state index in [0.717, 1.165) is 53.9 Å². The fraction of sp³-hybridized carbons (Fsp3) is 0.273. The first kappa shape index (κ1) is 23.7. The second-order valence-electron chi connectivity index (χ2n) is 7.18. The third-order valence-electron chi connectivity index (χ3n) is 5.24. The SMILES string of the molecule is COc1cc(C(=O)O)c(F)cc1NSc1csc(-c2ccc(N3CCN(SC)CC3)cc2)n1. The number of methoxy groups -OCH3 is 1. The summed E-state index contributed by atoms with van der Waals surface area (Å²) in [5.41, 5.74) is 2.15. The lowest BCUT2D eigenvalue weighted by molar-refractivity contribution is 0.0691. The number of carboxylic acids is 1. The Balaban J connectivity index is 1.40. The number of aromatic carboxylic acids is 1. The van der Waals surface area contributed by atoms with Crippen molar-refractivity contribution in [3.63, 3.8) is 0 Å². The van der Waals surface area contributed by atoms with Gasteiger partial charge in [0.05, 0.1) is 18.4 Å². The van der Waals surface area contributed by atoms with Gasteiger partial charge in [-0.2, -0.15) is 0 Å². The van der Waals surface area contributed by atoms with Crippen LogP contribution in [0.2, 0.25) is 0 Å². The number of rotatable bonds is 8. The van der Waals surface area contributed by atoms with E-state index in [1.807, 2.05) is 5.38 Å². The third-order valence-corrected chi connectivity index (χ3v) is 7.91. The van der Waals surface area contributed by atoms with E-state index in [0.29, 0.717) is 5.69 Å². The zero-order valence-electron chi connectivity index (χ0n) is 18.1. The highest BCUT2D eigenvalue weighted by molar-refractivity contribution is 8.00. The van der Waals surface area contributed by atoms with Gasteiger partial charge < -0.3 is 19.5 Å². The van der Waals surface area contributed by atoms with Crippen LogP contribution in [0, 0.1) is 5.82 Å². The molecule has 1 saturated heterocycles. The predicted octanol–water partition coefficient (Wildman–Crippen LogP) is 5.18. The van der Waals surface area contributed by atoms with E-state index in [-0.39, 0.29) is 5.75 Å². The number of halogens is 1. The molecule has 0 saturated carbocycles. The molecule has 2 aromatic carbocycles. The molecule has 3 aromatic rings.